The summed E-state index contributed by atoms with van der Waals surface area (Å²) in [5, 5.41) is 2.68. The largest absolute Gasteiger partial charge is 0.444 e. The second-order valence-electron chi connectivity index (χ2n) is 6.91. The molecule has 5 nitrogen and oxygen atoms in total. The number of nitrogens with one attached hydrogen (secondary N) is 1. The minimum atomic E-state index is -0.865. The molecule has 0 saturated carbocycles. The van der Waals surface area contributed by atoms with Crippen LogP contribution < -0.4 is 5.32 Å². The summed E-state index contributed by atoms with van der Waals surface area (Å²) in [6.07, 6.45) is 0.196. The van der Waals surface area contributed by atoms with Crippen LogP contribution in [0.5, 0.6) is 0 Å². The summed E-state index contributed by atoms with van der Waals surface area (Å²) in [5.41, 5.74) is -0.709. The van der Waals surface area contributed by atoms with Crippen molar-refractivity contribution in [1.29, 1.82) is 0 Å². The van der Waals surface area contributed by atoms with Crippen molar-refractivity contribution in [2.45, 2.75) is 32.8 Å². The third kappa shape index (κ3) is 4.91. The van der Waals surface area contributed by atoms with Crippen molar-refractivity contribution in [3.05, 3.63) is 35.4 Å². The Morgan fingerprint density at radius 1 is 1.33 bits per heavy atom. The fourth-order valence-electron chi connectivity index (χ4n) is 2.56. The quantitative estimate of drug-likeness (QED) is 0.920. The number of carbonyl (C=O) groups excluding carboxylic acids is 2. The van der Waals surface area contributed by atoms with Crippen LogP contribution in [0.25, 0.3) is 0 Å². The Kier molecular flexibility index (Phi) is 5.41. The van der Waals surface area contributed by atoms with E-state index in [1.54, 1.807) is 20.8 Å². The van der Waals surface area contributed by atoms with Crippen molar-refractivity contribution in [3.63, 3.8) is 0 Å². The molecule has 1 fully saturated rings. The molecule has 0 aliphatic carbocycles. The van der Waals surface area contributed by atoms with Crippen molar-refractivity contribution in [2.24, 2.45) is 5.92 Å². The number of halogens is 2. The number of likely N-dealkylation sites (tertiary alicyclic amines) is 1. The number of ether oxygens (including phenoxy) is 1. The zero-order chi connectivity index (χ0) is 17.9. The molecule has 0 radical (unpaired) electrons. The van der Waals surface area contributed by atoms with Gasteiger partial charge in [0.2, 0.25) is 0 Å². The van der Waals surface area contributed by atoms with Crippen molar-refractivity contribution < 1.29 is 23.1 Å². The van der Waals surface area contributed by atoms with Gasteiger partial charge in [-0.2, -0.15) is 0 Å². The van der Waals surface area contributed by atoms with Gasteiger partial charge in [0.05, 0.1) is 5.56 Å². The summed E-state index contributed by atoms with van der Waals surface area (Å²) < 4.78 is 31.8. The number of hydrogen-bond donors (Lipinski definition) is 1. The first-order chi connectivity index (χ1) is 11.2. The van der Waals surface area contributed by atoms with Gasteiger partial charge in [-0.1, -0.05) is 0 Å². The van der Waals surface area contributed by atoms with Crippen LogP contribution in [0.4, 0.5) is 13.6 Å². The highest BCUT2D eigenvalue weighted by Crippen LogP contribution is 2.20. The molecule has 0 bridgehead atoms. The molecular weight excluding hydrogens is 318 g/mol. The van der Waals surface area contributed by atoms with E-state index in [9.17, 15) is 18.4 Å². The highest BCUT2D eigenvalue weighted by atomic mass is 19.1. The molecule has 1 saturated heterocycles. The highest BCUT2D eigenvalue weighted by molar-refractivity contribution is 5.94. The van der Waals surface area contributed by atoms with Gasteiger partial charge in [-0.3, -0.25) is 4.79 Å². The van der Waals surface area contributed by atoms with Crippen molar-refractivity contribution in [3.8, 4) is 0 Å². The van der Waals surface area contributed by atoms with E-state index >= 15 is 0 Å². The average molecular weight is 340 g/mol. The Balaban J connectivity index is 1.86. The summed E-state index contributed by atoms with van der Waals surface area (Å²) in [5.74, 6) is -1.97. The van der Waals surface area contributed by atoms with Crippen molar-refractivity contribution in [1.82, 2.24) is 10.2 Å². The third-order valence-electron chi connectivity index (χ3n) is 3.67. The molecule has 24 heavy (non-hydrogen) atoms. The standard InChI is InChI=1S/C17H22F2N2O3/c1-17(2,3)24-16(23)20-9-11-6-7-21(10-11)15(22)13-5-4-12(18)8-14(13)19/h4-5,8,11H,6-7,9-10H2,1-3H3,(H,20,23)/t11-/m0/s1. The van der Waals surface area contributed by atoms with Crippen LogP contribution in [-0.4, -0.2) is 42.1 Å². The molecule has 1 atom stereocenters. The molecule has 1 N–H and O–H groups in total. The monoisotopic (exact) mass is 340 g/mol. The summed E-state index contributed by atoms with van der Waals surface area (Å²) >= 11 is 0. The zero-order valence-electron chi connectivity index (χ0n) is 14.1. The van der Waals surface area contributed by atoms with Gasteiger partial charge < -0.3 is 15.0 Å². The van der Waals surface area contributed by atoms with E-state index in [1.807, 2.05) is 0 Å². The lowest BCUT2D eigenvalue weighted by molar-refractivity contribution is 0.0520. The molecule has 1 aromatic rings. The van der Waals surface area contributed by atoms with Crippen molar-refractivity contribution >= 4 is 12.0 Å². The molecule has 0 aromatic heterocycles. The van der Waals surface area contributed by atoms with Gasteiger partial charge in [0, 0.05) is 25.7 Å². The number of benzene rings is 1. The maximum atomic E-state index is 13.7. The second-order valence-corrected chi connectivity index (χ2v) is 6.91. The summed E-state index contributed by atoms with van der Waals surface area (Å²) in [7, 11) is 0. The Hall–Kier alpha value is -2.18. The van der Waals surface area contributed by atoms with Crippen LogP contribution in [0.3, 0.4) is 0 Å². The molecule has 2 rings (SSSR count). The third-order valence-corrected chi connectivity index (χ3v) is 3.67. The molecule has 0 unspecified atom stereocenters. The number of nitrogens with zero attached hydrogens (tertiary/aromatic N) is 1. The molecule has 1 aliphatic rings. The molecule has 2 amide bonds. The minimum Gasteiger partial charge on any atom is -0.444 e. The van der Waals surface area contributed by atoms with Gasteiger partial charge >= 0.3 is 6.09 Å². The van der Waals surface area contributed by atoms with Gasteiger partial charge in [0.15, 0.2) is 0 Å². The summed E-state index contributed by atoms with van der Waals surface area (Å²) in [4.78, 5) is 25.4. The Morgan fingerprint density at radius 3 is 2.67 bits per heavy atom. The summed E-state index contributed by atoms with van der Waals surface area (Å²) in [6.45, 7) is 6.59. The number of alkyl carbamates (subject to hydrolysis) is 1. The predicted molar refractivity (Wildman–Crippen MR) is 84.6 cm³/mol. The number of hydrogen-bond acceptors (Lipinski definition) is 3. The topological polar surface area (TPSA) is 58.6 Å². The van der Waals surface area contributed by atoms with E-state index in [1.165, 1.54) is 4.90 Å². The van der Waals surface area contributed by atoms with E-state index < -0.39 is 29.2 Å². The summed E-state index contributed by atoms with van der Waals surface area (Å²) in [6, 6.07) is 2.91. The molecular formula is C17H22F2N2O3. The molecule has 7 heteroatoms. The van der Waals surface area contributed by atoms with Crippen LogP contribution in [0.1, 0.15) is 37.6 Å². The fraction of sp³-hybridized carbons (Fsp3) is 0.529. The van der Waals surface area contributed by atoms with Gasteiger partial charge in [0.1, 0.15) is 17.2 Å². The first-order valence-electron chi connectivity index (χ1n) is 7.87. The number of carbonyl (C=O) groups is 2. The van der Waals surface area contributed by atoms with E-state index in [2.05, 4.69) is 5.32 Å². The van der Waals surface area contributed by atoms with E-state index in [0.29, 0.717) is 32.1 Å². The van der Waals surface area contributed by atoms with Gasteiger partial charge in [0.25, 0.3) is 5.91 Å². The molecule has 0 spiro atoms. The Morgan fingerprint density at radius 2 is 2.04 bits per heavy atom. The smallest absolute Gasteiger partial charge is 0.407 e. The molecule has 132 valence electrons. The van der Waals surface area contributed by atoms with Gasteiger partial charge in [-0.05, 0) is 45.2 Å². The Bertz CT molecular complexity index is 629. The lowest BCUT2D eigenvalue weighted by Crippen LogP contribution is -2.36. The minimum absolute atomic E-state index is 0.0741. The van der Waals surface area contributed by atoms with Gasteiger partial charge in [-0.15, -0.1) is 0 Å². The second kappa shape index (κ2) is 7.15. The van der Waals surface area contributed by atoms with Crippen molar-refractivity contribution in [2.75, 3.05) is 19.6 Å². The van der Waals surface area contributed by atoms with Crippen LogP contribution in [0.2, 0.25) is 0 Å². The van der Waals surface area contributed by atoms with E-state index in [-0.39, 0.29) is 11.5 Å². The maximum absolute atomic E-state index is 13.7. The fourth-order valence-corrected chi connectivity index (χ4v) is 2.56. The number of amides is 2. The maximum Gasteiger partial charge on any atom is 0.407 e. The average Bonchev–Trinajstić information content (AvgIpc) is 2.91. The van der Waals surface area contributed by atoms with Crippen LogP contribution >= 0.6 is 0 Å². The first-order valence-corrected chi connectivity index (χ1v) is 7.87. The van der Waals surface area contributed by atoms with E-state index in [0.717, 1.165) is 12.1 Å². The van der Waals surface area contributed by atoms with E-state index in [4.69, 9.17) is 4.74 Å². The molecule has 1 aliphatic heterocycles. The Labute approximate surface area is 140 Å². The highest BCUT2D eigenvalue weighted by Gasteiger charge is 2.29. The zero-order valence-corrected chi connectivity index (χ0v) is 14.1. The lowest BCUT2D eigenvalue weighted by Gasteiger charge is -2.21. The predicted octanol–water partition coefficient (Wildman–Crippen LogP) is 2.95. The van der Waals surface area contributed by atoms with Crippen LogP contribution in [0, 0.1) is 17.6 Å². The lowest BCUT2D eigenvalue weighted by atomic mass is 10.1. The molecule has 1 aromatic carbocycles. The number of rotatable bonds is 3. The van der Waals surface area contributed by atoms with Crippen LogP contribution in [0.15, 0.2) is 18.2 Å². The first kappa shape index (κ1) is 18.2. The molecule has 1 heterocycles. The van der Waals surface area contributed by atoms with Crippen LogP contribution in [-0.2, 0) is 4.74 Å². The normalized spacial score (nSPS) is 17.7. The SMILES string of the molecule is CC(C)(C)OC(=O)NC[C@@H]1CCN(C(=O)c2ccc(F)cc2F)C1. The van der Waals surface area contributed by atoms with Gasteiger partial charge in [-0.25, -0.2) is 13.6 Å².